The third-order valence-corrected chi connectivity index (χ3v) is 5.71. The molecule has 2 heterocycles. The van der Waals surface area contributed by atoms with E-state index in [0.29, 0.717) is 6.04 Å². The highest BCUT2D eigenvalue weighted by Gasteiger charge is 2.24. The number of rotatable bonds is 5. The van der Waals surface area contributed by atoms with Gasteiger partial charge in [-0.1, -0.05) is 24.3 Å². The third-order valence-electron chi connectivity index (χ3n) is 5.04. The van der Waals surface area contributed by atoms with Crippen molar-refractivity contribution in [3.8, 4) is 0 Å². The number of hydrogen-bond donors (Lipinski definition) is 3. The zero-order valence-electron chi connectivity index (χ0n) is 16.0. The van der Waals surface area contributed by atoms with Gasteiger partial charge in [-0.2, -0.15) is 0 Å². The average molecular weight is 441 g/mol. The number of para-hydroxylation sites is 3. The molecule has 4 rings (SSSR count). The fraction of sp³-hybridized carbons (Fsp3) is 0.333. The number of aromatic amines is 1. The third kappa shape index (κ3) is 4.30. The summed E-state index contributed by atoms with van der Waals surface area (Å²) in [6.45, 7) is 2.78. The summed E-state index contributed by atoms with van der Waals surface area (Å²) < 4.78 is 1.14. The number of halogens is 1. The number of H-pyrrole nitrogens is 1. The highest BCUT2D eigenvalue weighted by molar-refractivity contribution is 9.10. The molecule has 1 unspecified atom stereocenters. The summed E-state index contributed by atoms with van der Waals surface area (Å²) in [5.74, 6) is 1.83. The fourth-order valence-electron chi connectivity index (χ4n) is 3.62. The monoisotopic (exact) mass is 440 g/mol. The van der Waals surface area contributed by atoms with Gasteiger partial charge in [-0.15, -0.1) is 0 Å². The standard InChI is InChI=1S/C21H25BrN6/c1-23-21(24-12-10-20-26-17-7-3-4-8-18(17)27-20)25-15-11-13-28(14-15)19-9-5-2-6-16(19)22/h2-9,15H,10-14H2,1H3,(H,26,27)(H2,23,24,25). The maximum atomic E-state index is 4.62. The van der Waals surface area contributed by atoms with Gasteiger partial charge in [-0.3, -0.25) is 4.99 Å². The summed E-state index contributed by atoms with van der Waals surface area (Å²) in [5, 5.41) is 6.96. The van der Waals surface area contributed by atoms with Gasteiger partial charge in [0.15, 0.2) is 5.96 Å². The summed E-state index contributed by atoms with van der Waals surface area (Å²) in [5.41, 5.74) is 3.34. The number of nitrogens with one attached hydrogen (secondary N) is 3. The lowest BCUT2D eigenvalue weighted by molar-refractivity contribution is 0.647. The molecule has 1 aromatic heterocycles. The number of imidazole rings is 1. The molecule has 1 saturated heterocycles. The Kier molecular flexibility index (Phi) is 5.81. The van der Waals surface area contributed by atoms with Crippen LogP contribution in [0.4, 0.5) is 5.69 Å². The lowest BCUT2D eigenvalue weighted by Gasteiger charge is -2.21. The van der Waals surface area contributed by atoms with Crippen LogP contribution in [0.1, 0.15) is 12.2 Å². The molecule has 0 spiro atoms. The Labute approximate surface area is 173 Å². The van der Waals surface area contributed by atoms with Gasteiger partial charge >= 0.3 is 0 Å². The van der Waals surface area contributed by atoms with Gasteiger partial charge in [0.1, 0.15) is 5.82 Å². The van der Waals surface area contributed by atoms with Crippen LogP contribution >= 0.6 is 15.9 Å². The lowest BCUT2D eigenvalue weighted by atomic mass is 10.2. The summed E-state index contributed by atoms with van der Waals surface area (Å²) in [4.78, 5) is 14.8. The second kappa shape index (κ2) is 8.65. The molecule has 146 valence electrons. The maximum absolute atomic E-state index is 4.62. The van der Waals surface area contributed by atoms with Gasteiger partial charge in [0.25, 0.3) is 0 Å². The van der Waals surface area contributed by atoms with Crippen molar-refractivity contribution in [1.29, 1.82) is 0 Å². The number of aliphatic imine (C=N–C) groups is 1. The summed E-state index contributed by atoms with van der Waals surface area (Å²) in [6.07, 6.45) is 1.91. The molecule has 0 amide bonds. The molecule has 0 aliphatic carbocycles. The predicted molar refractivity (Wildman–Crippen MR) is 119 cm³/mol. The Bertz CT molecular complexity index is 933. The molecule has 0 saturated carbocycles. The van der Waals surface area contributed by atoms with Crippen LogP contribution in [0.15, 0.2) is 58.0 Å². The van der Waals surface area contributed by atoms with Gasteiger partial charge in [0.2, 0.25) is 0 Å². The van der Waals surface area contributed by atoms with Crippen molar-refractivity contribution >= 4 is 38.6 Å². The molecular weight excluding hydrogens is 416 g/mol. The van der Waals surface area contributed by atoms with Gasteiger partial charge < -0.3 is 20.5 Å². The Morgan fingerprint density at radius 3 is 2.89 bits per heavy atom. The Balaban J connectivity index is 1.27. The van der Waals surface area contributed by atoms with E-state index in [-0.39, 0.29) is 0 Å². The Morgan fingerprint density at radius 1 is 1.25 bits per heavy atom. The molecule has 7 heteroatoms. The van der Waals surface area contributed by atoms with Crippen molar-refractivity contribution in [1.82, 2.24) is 20.6 Å². The van der Waals surface area contributed by atoms with Crippen molar-refractivity contribution in [3.05, 3.63) is 58.8 Å². The molecule has 1 aliphatic heterocycles. The second-order valence-corrected chi connectivity index (χ2v) is 7.83. The zero-order chi connectivity index (χ0) is 19.3. The molecule has 3 aromatic rings. The predicted octanol–water partition coefficient (Wildman–Crippen LogP) is 3.31. The first-order chi connectivity index (χ1) is 13.7. The van der Waals surface area contributed by atoms with Crippen LogP contribution in [0.3, 0.4) is 0 Å². The topological polar surface area (TPSA) is 68.3 Å². The van der Waals surface area contributed by atoms with Gasteiger partial charge in [-0.25, -0.2) is 4.98 Å². The van der Waals surface area contributed by atoms with E-state index in [2.05, 4.69) is 70.7 Å². The number of fused-ring (bicyclic) bond motifs is 1. The van der Waals surface area contributed by atoms with Crippen molar-refractivity contribution in [3.63, 3.8) is 0 Å². The largest absolute Gasteiger partial charge is 0.368 e. The molecule has 0 radical (unpaired) electrons. The van der Waals surface area contributed by atoms with Crippen LogP contribution in [0, 0.1) is 0 Å². The molecule has 3 N–H and O–H groups in total. The van der Waals surface area contributed by atoms with E-state index in [4.69, 9.17) is 0 Å². The van der Waals surface area contributed by atoms with E-state index >= 15 is 0 Å². The van der Waals surface area contributed by atoms with E-state index in [0.717, 1.165) is 59.8 Å². The number of hydrogen-bond acceptors (Lipinski definition) is 3. The quantitative estimate of drug-likeness (QED) is 0.420. The van der Waals surface area contributed by atoms with Crippen LogP contribution in [0.5, 0.6) is 0 Å². The van der Waals surface area contributed by atoms with E-state index in [9.17, 15) is 0 Å². The molecule has 28 heavy (non-hydrogen) atoms. The minimum atomic E-state index is 0.379. The minimum Gasteiger partial charge on any atom is -0.368 e. The molecule has 0 bridgehead atoms. The number of guanidine groups is 1. The Morgan fingerprint density at radius 2 is 2.07 bits per heavy atom. The summed E-state index contributed by atoms with van der Waals surface area (Å²) in [7, 11) is 1.82. The van der Waals surface area contributed by atoms with Crippen molar-refractivity contribution in [2.75, 3.05) is 31.6 Å². The summed E-state index contributed by atoms with van der Waals surface area (Å²) in [6, 6.07) is 16.9. The molecular formula is C21H25BrN6. The van der Waals surface area contributed by atoms with Crippen LogP contribution in [-0.4, -0.2) is 48.7 Å². The lowest BCUT2D eigenvalue weighted by Crippen LogP contribution is -2.45. The first kappa shape index (κ1) is 18.8. The first-order valence-corrected chi connectivity index (χ1v) is 10.4. The average Bonchev–Trinajstić information content (AvgIpc) is 3.34. The number of benzene rings is 2. The highest BCUT2D eigenvalue weighted by atomic mass is 79.9. The maximum Gasteiger partial charge on any atom is 0.191 e. The molecule has 1 aliphatic rings. The van der Waals surface area contributed by atoms with Gasteiger partial charge in [0, 0.05) is 43.6 Å². The van der Waals surface area contributed by atoms with Crippen LogP contribution < -0.4 is 15.5 Å². The highest BCUT2D eigenvalue weighted by Crippen LogP contribution is 2.28. The fourth-order valence-corrected chi connectivity index (χ4v) is 4.15. The van der Waals surface area contributed by atoms with Crippen LogP contribution in [0.2, 0.25) is 0 Å². The SMILES string of the molecule is CN=C(NCCc1nc2ccccc2[nH]1)NC1CCN(c2ccccc2Br)C1. The summed E-state index contributed by atoms with van der Waals surface area (Å²) >= 11 is 3.65. The molecule has 1 fully saturated rings. The van der Waals surface area contributed by atoms with Gasteiger partial charge in [-0.05, 0) is 46.6 Å². The smallest absolute Gasteiger partial charge is 0.191 e. The first-order valence-electron chi connectivity index (χ1n) is 9.63. The number of anilines is 1. The minimum absolute atomic E-state index is 0.379. The number of nitrogens with zero attached hydrogens (tertiary/aromatic N) is 3. The molecule has 2 aromatic carbocycles. The van der Waals surface area contributed by atoms with Crippen LogP contribution in [-0.2, 0) is 6.42 Å². The van der Waals surface area contributed by atoms with Gasteiger partial charge in [0.05, 0.1) is 16.7 Å². The Hall–Kier alpha value is -2.54. The van der Waals surface area contributed by atoms with Crippen LogP contribution in [0.25, 0.3) is 11.0 Å². The van der Waals surface area contributed by atoms with E-state index < -0.39 is 0 Å². The van der Waals surface area contributed by atoms with E-state index in [1.54, 1.807) is 0 Å². The van der Waals surface area contributed by atoms with E-state index in [1.165, 1.54) is 5.69 Å². The normalized spacial score (nSPS) is 17.3. The second-order valence-electron chi connectivity index (χ2n) is 6.98. The van der Waals surface area contributed by atoms with Crippen molar-refractivity contribution < 1.29 is 0 Å². The number of aromatic nitrogens is 2. The van der Waals surface area contributed by atoms with Crippen molar-refractivity contribution in [2.45, 2.75) is 18.9 Å². The van der Waals surface area contributed by atoms with E-state index in [1.807, 2.05) is 31.3 Å². The zero-order valence-corrected chi connectivity index (χ0v) is 17.5. The molecule has 6 nitrogen and oxygen atoms in total. The van der Waals surface area contributed by atoms with Crippen molar-refractivity contribution in [2.24, 2.45) is 4.99 Å². The molecule has 1 atom stereocenters.